The molecule has 1 aromatic carbocycles. The molecule has 9 nitrogen and oxygen atoms in total. The van der Waals surface area contributed by atoms with E-state index in [4.69, 9.17) is 4.74 Å². The van der Waals surface area contributed by atoms with E-state index in [-0.39, 0.29) is 11.3 Å². The number of ether oxygens (including phenoxy) is 2. The van der Waals surface area contributed by atoms with E-state index in [1.165, 1.54) is 11.6 Å². The molecule has 0 bridgehead atoms. The lowest BCUT2D eigenvalue weighted by Gasteiger charge is -2.14. The van der Waals surface area contributed by atoms with Crippen molar-refractivity contribution in [2.24, 2.45) is 0 Å². The van der Waals surface area contributed by atoms with Gasteiger partial charge in [-0.2, -0.15) is 5.10 Å². The smallest absolute Gasteiger partial charge is 0.413 e. The van der Waals surface area contributed by atoms with Crippen LogP contribution < -0.4 is 10.9 Å². The summed E-state index contributed by atoms with van der Waals surface area (Å²) in [6, 6.07) is 6.55. The standard InChI is InChI=1S/C18H21N3O6/c1-4-5-10-21-16(23)13-9-7-6-8-12(13)14(20-21)17(24)27-11(2)15(22)19-18(25)26-3/h6-9,11H,4-5,10H2,1-3H3,(H,19,22,25)/t11-/m1/s1. The quantitative estimate of drug-likeness (QED) is 0.763. The van der Waals surface area contributed by atoms with Gasteiger partial charge in [0.05, 0.1) is 12.5 Å². The van der Waals surface area contributed by atoms with Crippen LogP contribution in [0.4, 0.5) is 4.79 Å². The SMILES string of the molecule is CCCCn1nc(C(=O)O[C@H](C)C(=O)NC(=O)OC)c2ccccc2c1=O. The van der Waals surface area contributed by atoms with Crippen LogP contribution in [0.5, 0.6) is 0 Å². The lowest BCUT2D eigenvalue weighted by Crippen LogP contribution is -2.39. The molecular formula is C18H21N3O6. The first-order valence-corrected chi connectivity index (χ1v) is 8.48. The second kappa shape index (κ2) is 8.93. The molecule has 2 rings (SSSR count). The molecule has 27 heavy (non-hydrogen) atoms. The predicted molar refractivity (Wildman–Crippen MR) is 96.3 cm³/mol. The third-order valence-electron chi connectivity index (χ3n) is 3.85. The van der Waals surface area contributed by atoms with Crippen molar-refractivity contribution in [1.29, 1.82) is 0 Å². The highest BCUT2D eigenvalue weighted by atomic mass is 16.6. The molecule has 1 atom stereocenters. The van der Waals surface area contributed by atoms with E-state index in [2.05, 4.69) is 9.84 Å². The first-order chi connectivity index (χ1) is 12.9. The van der Waals surface area contributed by atoms with Gasteiger partial charge in [0.25, 0.3) is 11.5 Å². The van der Waals surface area contributed by atoms with Gasteiger partial charge in [0.2, 0.25) is 0 Å². The predicted octanol–water partition coefficient (Wildman–Crippen LogP) is 1.62. The summed E-state index contributed by atoms with van der Waals surface area (Å²) in [6.45, 7) is 3.65. The summed E-state index contributed by atoms with van der Waals surface area (Å²) in [6.07, 6.45) is -0.642. The zero-order valence-corrected chi connectivity index (χ0v) is 15.4. The first-order valence-electron chi connectivity index (χ1n) is 8.48. The number of imide groups is 1. The van der Waals surface area contributed by atoms with E-state index in [9.17, 15) is 19.2 Å². The maximum absolute atomic E-state index is 12.6. The molecule has 0 aliphatic carbocycles. The van der Waals surface area contributed by atoms with E-state index in [0.29, 0.717) is 17.3 Å². The number of aryl methyl sites for hydroxylation is 1. The van der Waals surface area contributed by atoms with Crippen molar-refractivity contribution in [3.05, 3.63) is 40.3 Å². The van der Waals surface area contributed by atoms with Crippen molar-refractivity contribution < 1.29 is 23.9 Å². The molecule has 2 aromatic rings. The molecule has 0 fully saturated rings. The van der Waals surface area contributed by atoms with Gasteiger partial charge in [0.1, 0.15) is 0 Å². The number of esters is 1. The van der Waals surface area contributed by atoms with Crippen LogP contribution in [0.15, 0.2) is 29.1 Å². The molecular weight excluding hydrogens is 354 g/mol. The molecule has 0 aliphatic heterocycles. The Morgan fingerprint density at radius 1 is 1.22 bits per heavy atom. The number of alkyl carbamates (subject to hydrolysis) is 1. The number of nitrogens with one attached hydrogen (secondary N) is 1. The van der Waals surface area contributed by atoms with Crippen molar-refractivity contribution in [2.75, 3.05) is 7.11 Å². The van der Waals surface area contributed by atoms with Crippen LogP contribution in [0.1, 0.15) is 37.2 Å². The van der Waals surface area contributed by atoms with E-state index < -0.39 is 24.1 Å². The van der Waals surface area contributed by atoms with Crippen LogP contribution >= 0.6 is 0 Å². The largest absolute Gasteiger partial charge is 0.453 e. The Morgan fingerprint density at radius 3 is 2.52 bits per heavy atom. The first kappa shape index (κ1) is 20.1. The highest BCUT2D eigenvalue weighted by molar-refractivity contribution is 6.03. The lowest BCUT2D eigenvalue weighted by atomic mass is 10.1. The number of carbonyl (C=O) groups excluding carboxylic acids is 3. The number of fused-ring (bicyclic) bond motifs is 1. The molecule has 0 saturated carbocycles. The topological polar surface area (TPSA) is 117 Å². The van der Waals surface area contributed by atoms with Crippen molar-refractivity contribution in [3.63, 3.8) is 0 Å². The summed E-state index contributed by atoms with van der Waals surface area (Å²) in [7, 11) is 1.11. The van der Waals surface area contributed by atoms with Crippen molar-refractivity contribution >= 4 is 28.7 Å². The van der Waals surface area contributed by atoms with E-state index in [0.717, 1.165) is 20.0 Å². The molecule has 1 N–H and O–H groups in total. The number of carbonyl (C=O) groups is 3. The molecule has 2 amide bonds. The Hall–Kier alpha value is -3.23. The fourth-order valence-electron chi connectivity index (χ4n) is 2.37. The van der Waals surface area contributed by atoms with Gasteiger partial charge in [-0.15, -0.1) is 0 Å². The summed E-state index contributed by atoms with van der Waals surface area (Å²) < 4.78 is 10.7. The van der Waals surface area contributed by atoms with E-state index in [1.54, 1.807) is 24.3 Å². The number of unbranched alkanes of at least 4 members (excludes halogenated alkanes) is 1. The Morgan fingerprint density at radius 2 is 1.89 bits per heavy atom. The zero-order chi connectivity index (χ0) is 20.0. The fraction of sp³-hybridized carbons (Fsp3) is 0.389. The molecule has 1 heterocycles. The molecule has 0 unspecified atom stereocenters. The normalized spacial score (nSPS) is 11.7. The monoisotopic (exact) mass is 375 g/mol. The minimum Gasteiger partial charge on any atom is -0.453 e. The van der Waals surface area contributed by atoms with E-state index in [1.807, 2.05) is 12.2 Å². The van der Waals surface area contributed by atoms with E-state index >= 15 is 0 Å². The van der Waals surface area contributed by atoms with Crippen molar-refractivity contribution in [2.45, 2.75) is 39.3 Å². The fourth-order valence-corrected chi connectivity index (χ4v) is 2.37. The van der Waals surface area contributed by atoms with Crippen LogP contribution in [0.25, 0.3) is 10.8 Å². The third kappa shape index (κ3) is 4.69. The van der Waals surface area contributed by atoms with Gasteiger partial charge in [-0.3, -0.25) is 14.9 Å². The molecule has 144 valence electrons. The minimum absolute atomic E-state index is 0.0704. The highest BCUT2D eigenvalue weighted by Gasteiger charge is 2.24. The lowest BCUT2D eigenvalue weighted by molar-refractivity contribution is -0.128. The van der Waals surface area contributed by atoms with Gasteiger partial charge >= 0.3 is 12.1 Å². The van der Waals surface area contributed by atoms with Crippen molar-refractivity contribution in [1.82, 2.24) is 15.1 Å². The minimum atomic E-state index is -1.26. The van der Waals surface area contributed by atoms with Gasteiger partial charge in [-0.25, -0.2) is 14.3 Å². The second-order valence-corrected chi connectivity index (χ2v) is 5.80. The zero-order valence-electron chi connectivity index (χ0n) is 15.4. The van der Waals surface area contributed by atoms with Crippen LogP contribution in [-0.4, -0.2) is 41.0 Å². The number of hydrogen-bond donors (Lipinski definition) is 1. The number of hydrogen-bond acceptors (Lipinski definition) is 7. The highest BCUT2D eigenvalue weighted by Crippen LogP contribution is 2.15. The van der Waals surface area contributed by atoms with Crippen LogP contribution in [0, 0.1) is 0 Å². The van der Waals surface area contributed by atoms with Gasteiger partial charge < -0.3 is 9.47 Å². The summed E-state index contributed by atoms with van der Waals surface area (Å²) in [5, 5.41) is 6.72. The Bertz CT molecular complexity index is 921. The molecule has 0 radical (unpaired) electrons. The average Bonchev–Trinajstić information content (AvgIpc) is 2.67. The third-order valence-corrected chi connectivity index (χ3v) is 3.85. The summed E-state index contributed by atoms with van der Waals surface area (Å²) in [5.74, 6) is -1.71. The Labute approximate surface area is 155 Å². The summed E-state index contributed by atoms with van der Waals surface area (Å²) in [4.78, 5) is 48.0. The maximum Gasteiger partial charge on any atom is 0.413 e. The number of amides is 2. The van der Waals surface area contributed by atoms with Gasteiger partial charge in [0, 0.05) is 11.9 Å². The van der Waals surface area contributed by atoms with Crippen LogP contribution in [0.2, 0.25) is 0 Å². The van der Waals surface area contributed by atoms with Crippen LogP contribution in [-0.2, 0) is 20.8 Å². The second-order valence-electron chi connectivity index (χ2n) is 5.80. The van der Waals surface area contributed by atoms with Gasteiger partial charge in [-0.1, -0.05) is 31.5 Å². The Kier molecular flexibility index (Phi) is 6.64. The summed E-state index contributed by atoms with van der Waals surface area (Å²) in [5.41, 5.74) is -0.369. The summed E-state index contributed by atoms with van der Waals surface area (Å²) >= 11 is 0. The molecule has 0 saturated heterocycles. The maximum atomic E-state index is 12.6. The Balaban J connectivity index is 2.34. The number of methoxy groups -OCH3 is 1. The molecule has 1 aromatic heterocycles. The number of rotatable bonds is 6. The number of benzene rings is 1. The molecule has 0 aliphatic rings. The average molecular weight is 375 g/mol. The molecule has 9 heteroatoms. The number of aromatic nitrogens is 2. The van der Waals surface area contributed by atoms with Crippen molar-refractivity contribution in [3.8, 4) is 0 Å². The van der Waals surface area contributed by atoms with Gasteiger partial charge in [-0.05, 0) is 19.4 Å². The van der Waals surface area contributed by atoms with Gasteiger partial charge in [0.15, 0.2) is 11.8 Å². The molecule has 0 spiro atoms. The number of nitrogens with zero attached hydrogens (tertiary/aromatic N) is 2. The van der Waals surface area contributed by atoms with Crippen LogP contribution in [0.3, 0.4) is 0 Å².